The minimum Gasteiger partial charge on any atom is -0.393 e. The summed E-state index contributed by atoms with van der Waals surface area (Å²) in [6.07, 6.45) is -3.18. The molecule has 0 radical (unpaired) electrons. The van der Waals surface area contributed by atoms with Crippen molar-refractivity contribution in [3.8, 4) is 0 Å². The number of piperidine rings is 1. The molecule has 0 spiro atoms. The van der Waals surface area contributed by atoms with Gasteiger partial charge in [0.1, 0.15) is 5.92 Å². The predicted molar refractivity (Wildman–Crippen MR) is 64.7 cm³/mol. The van der Waals surface area contributed by atoms with E-state index >= 15 is 0 Å². The Morgan fingerprint density at radius 2 is 2.06 bits per heavy atom. The molecule has 0 saturated carbocycles. The van der Waals surface area contributed by atoms with Crippen LogP contribution in [0.25, 0.3) is 0 Å². The number of rotatable bonds is 4. The van der Waals surface area contributed by atoms with E-state index in [2.05, 4.69) is 12.2 Å². The molecule has 0 aromatic rings. The Hall–Kier alpha value is -0.890. The van der Waals surface area contributed by atoms with E-state index in [0.29, 0.717) is 19.4 Å². The first kappa shape index (κ1) is 15.2. The second-order valence-electron chi connectivity index (χ2n) is 4.50. The first-order valence-corrected chi connectivity index (χ1v) is 6.00. The zero-order valence-electron chi connectivity index (χ0n) is 9.74. The largest absolute Gasteiger partial charge is 0.399 e. The van der Waals surface area contributed by atoms with Crippen molar-refractivity contribution in [2.24, 2.45) is 23.3 Å². The molecule has 1 heterocycles. The number of nitrogens with two attached hydrogens (primary N) is 2. The van der Waals surface area contributed by atoms with Gasteiger partial charge in [-0.05, 0) is 19.4 Å². The predicted octanol–water partition coefficient (Wildman–Crippen LogP) is 0.648. The average Bonchev–Trinajstić information content (AvgIpc) is 2.24. The number of primary amides is 1. The number of carbonyl (C=O) groups is 1. The Balaban J connectivity index is 2.64. The van der Waals surface area contributed by atoms with Gasteiger partial charge in [0.2, 0.25) is 5.91 Å². The van der Waals surface area contributed by atoms with Gasteiger partial charge in [-0.15, -0.1) is 0 Å². The second-order valence-corrected chi connectivity index (χ2v) is 4.97. The summed E-state index contributed by atoms with van der Waals surface area (Å²) in [6.45, 7) is 0.437. The molecule has 4 N–H and O–H groups in total. The molecule has 1 rings (SSSR count). The summed E-state index contributed by atoms with van der Waals surface area (Å²) in [6, 6.07) is 0. The number of hydrogen-bond acceptors (Lipinski definition) is 3. The summed E-state index contributed by atoms with van der Waals surface area (Å²) in [5, 5.41) is 0. The van der Waals surface area contributed by atoms with Crippen molar-refractivity contribution in [2.75, 3.05) is 19.6 Å². The summed E-state index contributed by atoms with van der Waals surface area (Å²) in [5.74, 6) is -2.70. The molecule has 2 unspecified atom stereocenters. The normalized spacial score (nSPS) is 23.6. The van der Waals surface area contributed by atoms with Crippen molar-refractivity contribution >= 4 is 23.1 Å². The third-order valence-electron chi connectivity index (χ3n) is 3.09. The first-order valence-electron chi connectivity index (χ1n) is 5.59. The van der Waals surface area contributed by atoms with Gasteiger partial charge in [-0.2, -0.15) is 13.2 Å². The van der Waals surface area contributed by atoms with E-state index in [1.54, 1.807) is 4.90 Å². The van der Waals surface area contributed by atoms with Gasteiger partial charge >= 0.3 is 6.18 Å². The van der Waals surface area contributed by atoms with E-state index in [-0.39, 0.29) is 19.0 Å². The maximum atomic E-state index is 12.7. The van der Waals surface area contributed by atoms with Crippen molar-refractivity contribution in [3.63, 3.8) is 0 Å². The molecule has 104 valence electrons. The zero-order chi connectivity index (χ0) is 13.9. The Kier molecular flexibility index (Phi) is 4.92. The molecule has 0 bridgehead atoms. The first-order chi connectivity index (χ1) is 8.21. The lowest BCUT2D eigenvalue weighted by atomic mass is 9.96. The van der Waals surface area contributed by atoms with Crippen LogP contribution in [-0.2, 0) is 4.79 Å². The van der Waals surface area contributed by atoms with Crippen LogP contribution >= 0.6 is 12.2 Å². The standard InChI is InChI=1S/C10H16F3N3OS/c11-10(12,13)7(9(15)18)5-16-3-1-2-6(4-16)8(14)17/h6-7H,1-5H2,(H2,14,17)(H2,15,18). The summed E-state index contributed by atoms with van der Waals surface area (Å²) in [5.41, 5.74) is 10.3. The highest BCUT2D eigenvalue weighted by molar-refractivity contribution is 7.80. The van der Waals surface area contributed by atoms with Gasteiger partial charge in [-0.25, -0.2) is 0 Å². The molecule has 1 saturated heterocycles. The van der Waals surface area contributed by atoms with Crippen molar-refractivity contribution in [1.82, 2.24) is 4.90 Å². The average molecular weight is 283 g/mol. The quantitative estimate of drug-likeness (QED) is 0.743. The minimum atomic E-state index is -4.45. The van der Waals surface area contributed by atoms with E-state index in [4.69, 9.17) is 11.5 Å². The van der Waals surface area contributed by atoms with Gasteiger partial charge in [0.15, 0.2) is 0 Å². The Bertz CT molecular complexity index is 335. The van der Waals surface area contributed by atoms with Gasteiger partial charge in [-0.1, -0.05) is 12.2 Å². The van der Waals surface area contributed by atoms with Crippen LogP contribution in [0, 0.1) is 11.8 Å². The summed E-state index contributed by atoms with van der Waals surface area (Å²) < 4.78 is 38.1. The number of hydrogen-bond donors (Lipinski definition) is 2. The highest BCUT2D eigenvalue weighted by atomic mass is 32.1. The fourth-order valence-corrected chi connectivity index (χ4v) is 2.27. The van der Waals surface area contributed by atoms with Crippen LogP contribution < -0.4 is 11.5 Å². The molecule has 8 heteroatoms. The van der Waals surface area contributed by atoms with E-state index in [1.165, 1.54) is 0 Å². The molecule has 0 aromatic carbocycles. The van der Waals surface area contributed by atoms with Crippen LogP contribution in [0.5, 0.6) is 0 Å². The molecule has 1 aliphatic heterocycles. The Morgan fingerprint density at radius 3 is 2.50 bits per heavy atom. The zero-order valence-corrected chi connectivity index (χ0v) is 10.6. The van der Waals surface area contributed by atoms with Crippen molar-refractivity contribution in [1.29, 1.82) is 0 Å². The number of halogens is 3. The molecule has 0 aliphatic carbocycles. The Morgan fingerprint density at radius 1 is 1.44 bits per heavy atom. The number of likely N-dealkylation sites (tertiary alicyclic amines) is 1. The van der Waals surface area contributed by atoms with Crippen LogP contribution in [0.15, 0.2) is 0 Å². The number of nitrogens with zero attached hydrogens (tertiary/aromatic N) is 1. The van der Waals surface area contributed by atoms with Gasteiger partial charge < -0.3 is 16.4 Å². The molecular formula is C10H16F3N3OS. The summed E-state index contributed by atoms with van der Waals surface area (Å²) in [4.78, 5) is 12.0. The molecular weight excluding hydrogens is 267 g/mol. The molecule has 0 aromatic heterocycles. The maximum absolute atomic E-state index is 12.7. The topological polar surface area (TPSA) is 72.4 Å². The second kappa shape index (κ2) is 5.83. The van der Waals surface area contributed by atoms with E-state index in [1.807, 2.05) is 0 Å². The van der Waals surface area contributed by atoms with Crippen molar-refractivity contribution < 1.29 is 18.0 Å². The van der Waals surface area contributed by atoms with E-state index < -0.39 is 23.0 Å². The highest BCUT2D eigenvalue weighted by Gasteiger charge is 2.43. The lowest BCUT2D eigenvalue weighted by Crippen LogP contribution is -2.48. The lowest BCUT2D eigenvalue weighted by molar-refractivity contribution is -0.160. The number of carbonyl (C=O) groups excluding carboxylic acids is 1. The van der Waals surface area contributed by atoms with Gasteiger partial charge in [0.05, 0.1) is 10.9 Å². The molecule has 18 heavy (non-hydrogen) atoms. The number of amides is 1. The van der Waals surface area contributed by atoms with Gasteiger partial charge in [0, 0.05) is 13.1 Å². The fourth-order valence-electron chi connectivity index (χ4n) is 2.07. The molecule has 4 nitrogen and oxygen atoms in total. The van der Waals surface area contributed by atoms with Crippen LogP contribution in [-0.4, -0.2) is 41.6 Å². The molecule has 1 aliphatic rings. The lowest BCUT2D eigenvalue weighted by Gasteiger charge is -2.34. The smallest absolute Gasteiger partial charge is 0.393 e. The maximum Gasteiger partial charge on any atom is 0.399 e. The van der Waals surface area contributed by atoms with Crippen LogP contribution in [0.3, 0.4) is 0 Å². The van der Waals surface area contributed by atoms with Crippen molar-refractivity contribution in [2.45, 2.75) is 19.0 Å². The van der Waals surface area contributed by atoms with E-state index in [9.17, 15) is 18.0 Å². The van der Waals surface area contributed by atoms with E-state index in [0.717, 1.165) is 0 Å². The number of alkyl halides is 3. The van der Waals surface area contributed by atoms with Crippen LogP contribution in [0.4, 0.5) is 13.2 Å². The highest BCUT2D eigenvalue weighted by Crippen LogP contribution is 2.28. The molecule has 1 fully saturated rings. The Labute approximate surface area is 108 Å². The summed E-state index contributed by atoms with van der Waals surface area (Å²) >= 11 is 4.45. The number of thiocarbonyl (C=S) groups is 1. The minimum absolute atomic E-state index is 0.241. The van der Waals surface area contributed by atoms with Crippen molar-refractivity contribution in [3.05, 3.63) is 0 Å². The van der Waals surface area contributed by atoms with Crippen LogP contribution in [0.2, 0.25) is 0 Å². The van der Waals surface area contributed by atoms with Gasteiger partial charge in [0.25, 0.3) is 0 Å². The monoisotopic (exact) mass is 283 g/mol. The molecule has 1 amide bonds. The third kappa shape index (κ3) is 4.09. The third-order valence-corrected chi connectivity index (χ3v) is 3.37. The van der Waals surface area contributed by atoms with Gasteiger partial charge in [-0.3, -0.25) is 4.79 Å². The molecule has 2 atom stereocenters. The SMILES string of the molecule is NC(=O)C1CCCN(CC(C(N)=S)C(F)(F)F)C1. The summed E-state index contributed by atoms with van der Waals surface area (Å²) in [7, 11) is 0. The fraction of sp³-hybridized carbons (Fsp3) is 0.800. The van der Waals surface area contributed by atoms with Crippen LogP contribution in [0.1, 0.15) is 12.8 Å².